The number of hydrogen-bond acceptors (Lipinski definition) is 7. The van der Waals surface area contributed by atoms with Crippen LogP contribution in [0.1, 0.15) is 23.3 Å². The minimum atomic E-state index is -0.368. The molecule has 5 heterocycles. The molecule has 0 amide bonds. The van der Waals surface area contributed by atoms with Gasteiger partial charge in [0, 0.05) is 31.1 Å². The van der Waals surface area contributed by atoms with E-state index in [0.29, 0.717) is 38.1 Å². The van der Waals surface area contributed by atoms with Gasteiger partial charge in [-0.2, -0.15) is 4.98 Å². The number of piperidine rings is 1. The molecule has 2 aromatic heterocycles. The normalized spacial score (nSPS) is 22.1. The van der Waals surface area contributed by atoms with Crippen molar-refractivity contribution in [1.82, 2.24) is 9.97 Å². The van der Waals surface area contributed by atoms with Crippen LogP contribution in [0.4, 0.5) is 16.2 Å². The summed E-state index contributed by atoms with van der Waals surface area (Å²) in [5.74, 6) is 0.626. The number of ether oxygens (including phenoxy) is 2. The van der Waals surface area contributed by atoms with Crippen molar-refractivity contribution in [2.24, 2.45) is 0 Å². The summed E-state index contributed by atoms with van der Waals surface area (Å²) in [6.45, 7) is 4.93. The Morgan fingerprint density at radius 3 is 2.70 bits per heavy atom. The average molecular weight is 390 g/mol. The Balaban J connectivity index is 1.34. The van der Waals surface area contributed by atoms with Crippen LogP contribution in [0.2, 0.25) is 0 Å². The number of nitrogens with zero attached hydrogens (tertiary/aromatic N) is 4. The molecule has 2 fully saturated rings. The standard InChI is InChI=1S/C19H23FN4O2S/c20-15-13-21-18(22-17(15)23-7-10-25-11-8-23)24-5-3-19(4-6-24)16-14(1-9-26-19)2-12-27-16/h2,12-13H,1,3-11H2. The molecule has 0 aliphatic carbocycles. The summed E-state index contributed by atoms with van der Waals surface area (Å²) in [5, 5.41) is 2.17. The molecular formula is C19H23FN4O2S. The molecule has 3 aliphatic rings. The molecule has 5 rings (SSSR count). The van der Waals surface area contributed by atoms with E-state index < -0.39 is 0 Å². The molecule has 0 N–H and O–H groups in total. The van der Waals surface area contributed by atoms with Gasteiger partial charge in [0.25, 0.3) is 0 Å². The summed E-state index contributed by atoms with van der Waals surface area (Å²) in [4.78, 5) is 14.3. The first kappa shape index (κ1) is 17.3. The average Bonchev–Trinajstić information content (AvgIpc) is 3.20. The molecule has 144 valence electrons. The third-order valence-corrected chi connectivity index (χ3v) is 6.93. The lowest BCUT2D eigenvalue weighted by Crippen LogP contribution is -2.46. The zero-order valence-corrected chi connectivity index (χ0v) is 16.0. The molecule has 8 heteroatoms. The van der Waals surface area contributed by atoms with Crippen molar-refractivity contribution >= 4 is 23.1 Å². The van der Waals surface area contributed by atoms with Gasteiger partial charge in [0.15, 0.2) is 11.6 Å². The number of thiophene rings is 1. The van der Waals surface area contributed by atoms with Gasteiger partial charge in [-0.15, -0.1) is 11.3 Å². The maximum atomic E-state index is 14.3. The number of anilines is 2. The molecule has 0 aromatic carbocycles. The van der Waals surface area contributed by atoms with Crippen LogP contribution in [0.5, 0.6) is 0 Å². The molecule has 0 radical (unpaired) electrons. The van der Waals surface area contributed by atoms with Crippen molar-refractivity contribution < 1.29 is 13.9 Å². The third kappa shape index (κ3) is 3.09. The Labute approximate surface area is 161 Å². The highest BCUT2D eigenvalue weighted by molar-refractivity contribution is 7.10. The number of aromatic nitrogens is 2. The quantitative estimate of drug-likeness (QED) is 0.786. The van der Waals surface area contributed by atoms with Gasteiger partial charge in [0.1, 0.15) is 5.60 Å². The summed E-state index contributed by atoms with van der Waals surface area (Å²) >= 11 is 1.81. The minimum absolute atomic E-state index is 0.161. The van der Waals surface area contributed by atoms with Crippen molar-refractivity contribution in [2.45, 2.75) is 24.9 Å². The molecule has 0 saturated carbocycles. The molecule has 1 spiro atoms. The summed E-state index contributed by atoms with van der Waals surface area (Å²) in [5.41, 5.74) is 1.28. The molecule has 2 aromatic rings. The van der Waals surface area contributed by atoms with Gasteiger partial charge < -0.3 is 19.3 Å². The maximum Gasteiger partial charge on any atom is 0.227 e. The number of morpholine rings is 1. The fourth-order valence-corrected chi connectivity index (χ4v) is 5.46. The molecule has 0 unspecified atom stereocenters. The maximum absolute atomic E-state index is 14.3. The zero-order chi connectivity index (χ0) is 18.3. The predicted molar refractivity (Wildman–Crippen MR) is 102 cm³/mol. The summed E-state index contributed by atoms with van der Waals surface area (Å²) in [6.07, 6.45) is 4.13. The van der Waals surface area contributed by atoms with Crippen LogP contribution >= 0.6 is 11.3 Å². The van der Waals surface area contributed by atoms with Gasteiger partial charge in [-0.1, -0.05) is 0 Å². The van der Waals surface area contributed by atoms with E-state index in [9.17, 15) is 4.39 Å². The van der Waals surface area contributed by atoms with Crippen molar-refractivity contribution in [1.29, 1.82) is 0 Å². The van der Waals surface area contributed by atoms with Crippen LogP contribution in [0, 0.1) is 5.82 Å². The number of halogens is 1. The topological polar surface area (TPSA) is 50.7 Å². The van der Waals surface area contributed by atoms with Gasteiger partial charge in [-0.3, -0.25) is 0 Å². The number of rotatable bonds is 2. The third-order valence-electron chi connectivity index (χ3n) is 5.79. The molecule has 0 bridgehead atoms. The Kier molecular flexibility index (Phi) is 4.49. The Morgan fingerprint density at radius 1 is 1.07 bits per heavy atom. The van der Waals surface area contributed by atoms with Crippen LogP contribution in [0.25, 0.3) is 0 Å². The van der Waals surface area contributed by atoms with E-state index in [1.165, 1.54) is 16.6 Å². The highest BCUT2D eigenvalue weighted by atomic mass is 32.1. The second-order valence-corrected chi connectivity index (χ2v) is 8.21. The van der Waals surface area contributed by atoms with Crippen molar-refractivity contribution in [3.63, 3.8) is 0 Å². The molecule has 6 nitrogen and oxygen atoms in total. The molecular weight excluding hydrogens is 367 g/mol. The zero-order valence-electron chi connectivity index (χ0n) is 15.2. The van der Waals surface area contributed by atoms with Crippen LogP contribution in [-0.2, 0) is 21.5 Å². The fraction of sp³-hybridized carbons (Fsp3) is 0.579. The first-order valence-electron chi connectivity index (χ1n) is 9.56. The van der Waals surface area contributed by atoms with Gasteiger partial charge >= 0.3 is 0 Å². The lowest BCUT2D eigenvalue weighted by atomic mass is 9.85. The summed E-state index contributed by atoms with van der Waals surface area (Å²) < 4.78 is 25.9. The molecule has 27 heavy (non-hydrogen) atoms. The molecule has 3 aliphatic heterocycles. The van der Waals surface area contributed by atoms with E-state index in [2.05, 4.69) is 26.3 Å². The highest BCUT2D eigenvalue weighted by Crippen LogP contribution is 2.44. The summed E-state index contributed by atoms with van der Waals surface area (Å²) in [7, 11) is 0. The lowest BCUT2D eigenvalue weighted by molar-refractivity contribution is -0.0736. The SMILES string of the molecule is Fc1cnc(N2CCC3(CC2)OCCc2ccsc23)nc1N1CCOCC1. The van der Waals surface area contributed by atoms with Gasteiger partial charge in [0.2, 0.25) is 5.95 Å². The minimum Gasteiger partial charge on any atom is -0.378 e. The smallest absolute Gasteiger partial charge is 0.227 e. The van der Waals surface area contributed by atoms with E-state index in [1.807, 2.05) is 16.2 Å². The number of hydrogen-bond donors (Lipinski definition) is 0. The van der Waals surface area contributed by atoms with Gasteiger partial charge in [-0.05, 0) is 36.3 Å². The second-order valence-electron chi connectivity index (χ2n) is 7.30. The van der Waals surface area contributed by atoms with Crippen LogP contribution in [0.15, 0.2) is 17.6 Å². The van der Waals surface area contributed by atoms with Crippen molar-refractivity contribution in [3.05, 3.63) is 33.9 Å². The Bertz CT molecular complexity index is 816. The van der Waals surface area contributed by atoms with E-state index in [1.54, 1.807) is 0 Å². The van der Waals surface area contributed by atoms with Crippen molar-refractivity contribution in [3.8, 4) is 0 Å². The van der Waals surface area contributed by atoms with E-state index >= 15 is 0 Å². The first-order chi connectivity index (χ1) is 13.3. The second kappa shape index (κ2) is 7.00. The van der Waals surface area contributed by atoms with Crippen LogP contribution in [-0.4, -0.2) is 56.0 Å². The van der Waals surface area contributed by atoms with Gasteiger partial charge in [-0.25, -0.2) is 9.37 Å². The van der Waals surface area contributed by atoms with Crippen LogP contribution < -0.4 is 9.80 Å². The Hall–Kier alpha value is -1.77. The van der Waals surface area contributed by atoms with E-state index in [-0.39, 0.29) is 11.4 Å². The van der Waals surface area contributed by atoms with Gasteiger partial charge in [0.05, 0.1) is 26.0 Å². The lowest BCUT2D eigenvalue weighted by Gasteiger charge is -2.43. The first-order valence-corrected chi connectivity index (χ1v) is 10.4. The largest absolute Gasteiger partial charge is 0.378 e. The Morgan fingerprint density at radius 2 is 1.89 bits per heavy atom. The molecule has 2 saturated heterocycles. The van der Waals surface area contributed by atoms with Crippen molar-refractivity contribution in [2.75, 3.05) is 55.8 Å². The monoisotopic (exact) mass is 390 g/mol. The van der Waals surface area contributed by atoms with Crippen LogP contribution in [0.3, 0.4) is 0 Å². The van der Waals surface area contributed by atoms with E-state index in [4.69, 9.17) is 9.47 Å². The number of fused-ring (bicyclic) bond motifs is 2. The van der Waals surface area contributed by atoms with E-state index in [0.717, 1.165) is 39.0 Å². The summed E-state index contributed by atoms with van der Waals surface area (Å²) in [6, 6.07) is 2.23. The molecule has 0 atom stereocenters. The fourth-order valence-electron chi connectivity index (χ4n) is 4.29. The highest BCUT2D eigenvalue weighted by Gasteiger charge is 2.42. The predicted octanol–water partition coefficient (Wildman–Crippen LogP) is 2.58.